The van der Waals surface area contributed by atoms with Crippen LogP contribution in [0.1, 0.15) is 36.2 Å². The van der Waals surface area contributed by atoms with E-state index >= 15 is 0 Å². The molecule has 1 amide bonds. The Balaban J connectivity index is 2.14. The first-order valence-electron chi connectivity index (χ1n) is 7.50. The number of halogens is 1. The molecular formula is C16H13FN2O4S. The van der Waals surface area contributed by atoms with E-state index in [1.165, 1.54) is 6.20 Å². The fraction of sp³-hybridized carbons (Fsp3) is 0.312. The first-order valence-corrected chi connectivity index (χ1v) is 8.38. The number of amides is 1. The molecule has 8 heteroatoms. The second-order valence-electron chi connectivity index (χ2n) is 6.02. The number of pyridine rings is 1. The molecule has 1 aromatic carbocycles. The third-order valence-electron chi connectivity index (χ3n) is 4.31. The molecule has 2 aromatic rings. The van der Waals surface area contributed by atoms with Crippen LogP contribution in [0.4, 0.5) is 10.1 Å². The molecule has 0 saturated heterocycles. The van der Waals surface area contributed by atoms with Crippen LogP contribution in [0, 0.1) is 5.82 Å². The van der Waals surface area contributed by atoms with Crippen LogP contribution >= 0.6 is 11.8 Å². The van der Waals surface area contributed by atoms with E-state index in [2.05, 4.69) is 5.32 Å². The number of aromatic carboxylic acids is 1. The number of rotatable bonds is 2. The number of hydrogen-bond donors (Lipinski definition) is 2. The van der Waals surface area contributed by atoms with E-state index < -0.39 is 28.0 Å². The van der Waals surface area contributed by atoms with Crippen LogP contribution in [0.5, 0.6) is 0 Å². The zero-order chi connectivity index (χ0) is 17.2. The highest BCUT2D eigenvalue weighted by molar-refractivity contribution is 8.01. The summed E-state index contributed by atoms with van der Waals surface area (Å²) in [4.78, 5) is 36.1. The van der Waals surface area contributed by atoms with Gasteiger partial charge in [0, 0.05) is 12.2 Å². The molecule has 1 aliphatic carbocycles. The minimum Gasteiger partial charge on any atom is -0.477 e. The van der Waals surface area contributed by atoms with E-state index in [4.69, 9.17) is 0 Å². The SMILES string of the molecule is C[C@@H]1Sc2c(F)cc3c(=O)c(C(=O)O)cn(C4CC4)c3c2NC1=O. The van der Waals surface area contributed by atoms with Crippen molar-refractivity contribution in [1.29, 1.82) is 0 Å². The van der Waals surface area contributed by atoms with Gasteiger partial charge in [0.25, 0.3) is 0 Å². The topological polar surface area (TPSA) is 88.4 Å². The number of carboxylic acid groups (broad SMARTS) is 1. The second kappa shape index (κ2) is 5.07. The summed E-state index contributed by atoms with van der Waals surface area (Å²) in [5.41, 5.74) is -0.471. The Kier molecular flexibility index (Phi) is 3.21. The van der Waals surface area contributed by atoms with Crippen LogP contribution < -0.4 is 10.7 Å². The predicted molar refractivity (Wildman–Crippen MR) is 87.3 cm³/mol. The van der Waals surface area contributed by atoms with Crippen LogP contribution in [-0.4, -0.2) is 26.8 Å². The Morgan fingerprint density at radius 1 is 1.42 bits per heavy atom. The summed E-state index contributed by atoms with van der Waals surface area (Å²) >= 11 is 1.10. The van der Waals surface area contributed by atoms with Crippen molar-refractivity contribution in [2.75, 3.05) is 5.32 Å². The van der Waals surface area contributed by atoms with Crippen LogP contribution in [0.15, 0.2) is 22.0 Å². The minimum atomic E-state index is -1.35. The van der Waals surface area contributed by atoms with Gasteiger partial charge in [0.05, 0.1) is 26.7 Å². The number of hydrogen-bond acceptors (Lipinski definition) is 4. The average Bonchev–Trinajstić information content (AvgIpc) is 3.35. The van der Waals surface area contributed by atoms with Crippen molar-refractivity contribution in [3.8, 4) is 0 Å². The van der Waals surface area contributed by atoms with Gasteiger partial charge in [-0.1, -0.05) is 0 Å². The molecule has 1 fully saturated rings. The monoisotopic (exact) mass is 348 g/mol. The van der Waals surface area contributed by atoms with Gasteiger partial charge in [-0.3, -0.25) is 9.59 Å². The number of fused-ring (bicyclic) bond motifs is 3. The Bertz CT molecular complexity index is 980. The molecular weight excluding hydrogens is 335 g/mol. The third kappa shape index (κ3) is 2.13. The van der Waals surface area contributed by atoms with Gasteiger partial charge in [-0.15, -0.1) is 11.8 Å². The number of anilines is 1. The van der Waals surface area contributed by atoms with E-state index in [0.29, 0.717) is 5.52 Å². The summed E-state index contributed by atoms with van der Waals surface area (Å²) in [7, 11) is 0. The minimum absolute atomic E-state index is 0.0199. The molecule has 124 valence electrons. The van der Waals surface area contributed by atoms with E-state index in [0.717, 1.165) is 30.7 Å². The molecule has 1 atom stereocenters. The maximum atomic E-state index is 14.5. The van der Waals surface area contributed by atoms with Crippen LogP contribution in [0.3, 0.4) is 0 Å². The standard InChI is InChI=1S/C16H13FN2O4S/c1-6-15(21)18-11-12-8(4-10(17)14(11)24-6)13(20)9(16(22)23)5-19(12)7-2-3-7/h4-7H,2-3H2,1H3,(H,18,21)(H,22,23)/t6-/m0/s1. The second-order valence-corrected chi connectivity index (χ2v) is 7.37. The zero-order valence-electron chi connectivity index (χ0n) is 12.6. The van der Waals surface area contributed by atoms with Crippen LogP contribution in [0.25, 0.3) is 10.9 Å². The molecule has 2 heterocycles. The van der Waals surface area contributed by atoms with Gasteiger partial charge in [0.2, 0.25) is 11.3 Å². The number of nitrogens with one attached hydrogen (secondary N) is 1. The first kappa shape index (κ1) is 15.2. The number of benzene rings is 1. The average molecular weight is 348 g/mol. The fourth-order valence-electron chi connectivity index (χ4n) is 2.95. The molecule has 2 aliphatic rings. The van der Waals surface area contributed by atoms with Gasteiger partial charge < -0.3 is 15.0 Å². The third-order valence-corrected chi connectivity index (χ3v) is 5.51. The molecule has 2 N–H and O–H groups in total. The van der Waals surface area contributed by atoms with Crippen molar-refractivity contribution in [1.82, 2.24) is 4.57 Å². The first-order chi connectivity index (χ1) is 11.4. The largest absolute Gasteiger partial charge is 0.477 e. The Morgan fingerprint density at radius 2 is 2.12 bits per heavy atom. The van der Waals surface area contributed by atoms with Gasteiger partial charge in [-0.2, -0.15) is 0 Å². The van der Waals surface area contributed by atoms with Crippen molar-refractivity contribution in [3.63, 3.8) is 0 Å². The number of thioether (sulfide) groups is 1. The van der Waals surface area contributed by atoms with Crippen molar-refractivity contribution < 1.29 is 19.1 Å². The lowest BCUT2D eigenvalue weighted by Crippen LogP contribution is -2.28. The molecule has 24 heavy (non-hydrogen) atoms. The highest BCUT2D eigenvalue weighted by Crippen LogP contribution is 2.45. The van der Waals surface area contributed by atoms with Crippen molar-refractivity contribution >= 4 is 40.2 Å². The predicted octanol–water partition coefficient (Wildman–Crippen LogP) is 2.61. The van der Waals surface area contributed by atoms with Gasteiger partial charge in [0.15, 0.2) is 0 Å². The lowest BCUT2D eigenvalue weighted by Gasteiger charge is -2.25. The normalized spacial score (nSPS) is 19.9. The molecule has 1 aromatic heterocycles. The van der Waals surface area contributed by atoms with E-state index in [-0.39, 0.29) is 27.9 Å². The maximum absolute atomic E-state index is 14.5. The van der Waals surface area contributed by atoms with Crippen molar-refractivity contribution in [3.05, 3.63) is 33.9 Å². The summed E-state index contributed by atoms with van der Waals surface area (Å²) < 4.78 is 16.2. The van der Waals surface area contributed by atoms with Gasteiger partial charge in [-0.25, -0.2) is 9.18 Å². The summed E-state index contributed by atoms with van der Waals surface area (Å²) in [6, 6.07) is 1.14. The number of aromatic nitrogens is 1. The molecule has 1 saturated carbocycles. The lowest BCUT2D eigenvalue weighted by atomic mass is 10.1. The van der Waals surface area contributed by atoms with Crippen molar-refractivity contribution in [2.24, 2.45) is 0 Å². The molecule has 4 rings (SSSR count). The summed E-state index contributed by atoms with van der Waals surface area (Å²) in [5.74, 6) is -2.24. The number of carbonyl (C=O) groups excluding carboxylic acids is 1. The smallest absolute Gasteiger partial charge is 0.341 e. The highest BCUT2D eigenvalue weighted by Gasteiger charge is 2.33. The summed E-state index contributed by atoms with van der Waals surface area (Å²) in [6.45, 7) is 1.67. The number of nitrogens with zero attached hydrogens (tertiary/aromatic N) is 1. The van der Waals surface area contributed by atoms with E-state index in [1.807, 2.05) is 0 Å². The van der Waals surface area contributed by atoms with Gasteiger partial charge >= 0.3 is 5.97 Å². The highest BCUT2D eigenvalue weighted by atomic mass is 32.2. The van der Waals surface area contributed by atoms with Crippen LogP contribution in [-0.2, 0) is 4.79 Å². The lowest BCUT2D eigenvalue weighted by molar-refractivity contribution is -0.115. The quantitative estimate of drug-likeness (QED) is 0.871. The van der Waals surface area contributed by atoms with Crippen molar-refractivity contribution in [2.45, 2.75) is 36.0 Å². The molecule has 0 radical (unpaired) electrons. The van der Waals surface area contributed by atoms with Gasteiger partial charge in [0.1, 0.15) is 11.4 Å². The molecule has 6 nitrogen and oxygen atoms in total. The maximum Gasteiger partial charge on any atom is 0.341 e. The Labute approximate surface area is 139 Å². The molecule has 0 unspecified atom stereocenters. The Morgan fingerprint density at radius 3 is 2.75 bits per heavy atom. The molecule has 0 bridgehead atoms. The molecule has 0 spiro atoms. The number of carbonyl (C=O) groups is 2. The fourth-order valence-corrected chi connectivity index (χ4v) is 3.91. The van der Waals surface area contributed by atoms with Gasteiger partial charge in [-0.05, 0) is 25.8 Å². The summed E-state index contributed by atoms with van der Waals surface area (Å²) in [6.07, 6.45) is 3.00. The van der Waals surface area contributed by atoms with E-state index in [9.17, 15) is 23.9 Å². The molecule has 1 aliphatic heterocycles. The summed E-state index contributed by atoms with van der Waals surface area (Å²) in [5, 5.41) is 11.5. The zero-order valence-corrected chi connectivity index (χ0v) is 13.4. The van der Waals surface area contributed by atoms with Crippen LogP contribution in [0.2, 0.25) is 0 Å². The van der Waals surface area contributed by atoms with E-state index in [1.54, 1.807) is 11.5 Å². The number of carboxylic acids is 1. The Hall–Kier alpha value is -2.35.